The molecule has 2 aliphatic rings. The van der Waals surface area contributed by atoms with Crippen LogP contribution >= 0.6 is 12.4 Å². The van der Waals surface area contributed by atoms with Gasteiger partial charge in [0.15, 0.2) is 0 Å². The number of hydrogen-bond donors (Lipinski definition) is 1. The summed E-state index contributed by atoms with van der Waals surface area (Å²) in [4.78, 5) is 0. The van der Waals surface area contributed by atoms with Crippen molar-refractivity contribution in [2.24, 2.45) is 11.3 Å². The van der Waals surface area contributed by atoms with Crippen LogP contribution in [0.1, 0.15) is 12.8 Å². The largest absolute Gasteiger partial charge is 0.381 e. The molecule has 0 aromatic heterocycles. The molecule has 4 heteroatoms. The minimum atomic E-state index is -0.174. The van der Waals surface area contributed by atoms with Crippen molar-refractivity contribution in [3.05, 3.63) is 0 Å². The lowest BCUT2D eigenvalue weighted by Crippen LogP contribution is -2.37. The quantitative estimate of drug-likeness (QED) is 0.705. The maximum absolute atomic E-state index is 12.6. The van der Waals surface area contributed by atoms with Gasteiger partial charge in [-0.3, -0.25) is 4.39 Å². The van der Waals surface area contributed by atoms with Gasteiger partial charge in [0.1, 0.15) is 0 Å². The standard InChI is InChI=1S/C9H16FNO.ClH/c10-5-8-6-11-7-9(8)1-3-12-4-2-9;/h8,11H,1-7H2;1H. The molecule has 0 aromatic carbocycles. The zero-order chi connectivity index (χ0) is 8.44. The third kappa shape index (κ3) is 1.97. The van der Waals surface area contributed by atoms with Gasteiger partial charge in [-0.1, -0.05) is 0 Å². The second kappa shape index (κ2) is 4.58. The Morgan fingerprint density at radius 2 is 2.08 bits per heavy atom. The molecule has 0 saturated carbocycles. The van der Waals surface area contributed by atoms with Gasteiger partial charge in [0.2, 0.25) is 0 Å². The Bertz CT molecular complexity index is 162. The first-order chi connectivity index (χ1) is 5.87. The first-order valence-electron chi connectivity index (χ1n) is 4.72. The van der Waals surface area contributed by atoms with Crippen LogP contribution in [0.5, 0.6) is 0 Å². The Hall–Kier alpha value is 0.140. The molecule has 0 aromatic rings. The van der Waals surface area contributed by atoms with Crippen LogP contribution in [0.25, 0.3) is 0 Å². The van der Waals surface area contributed by atoms with E-state index in [1.54, 1.807) is 0 Å². The van der Waals surface area contributed by atoms with E-state index in [-0.39, 0.29) is 30.4 Å². The molecule has 2 saturated heterocycles. The number of halogens is 2. The predicted octanol–water partition coefficient (Wildman–Crippen LogP) is 1.39. The Balaban J connectivity index is 0.000000845. The van der Waals surface area contributed by atoms with Gasteiger partial charge in [0.25, 0.3) is 0 Å². The summed E-state index contributed by atoms with van der Waals surface area (Å²) in [5.74, 6) is 0.237. The minimum Gasteiger partial charge on any atom is -0.381 e. The summed E-state index contributed by atoms with van der Waals surface area (Å²) in [6, 6.07) is 0. The van der Waals surface area contributed by atoms with E-state index in [1.807, 2.05) is 0 Å². The highest BCUT2D eigenvalue weighted by Gasteiger charge is 2.43. The normalized spacial score (nSPS) is 31.6. The lowest BCUT2D eigenvalue weighted by Gasteiger charge is -2.36. The van der Waals surface area contributed by atoms with Crippen molar-refractivity contribution in [2.75, 3.05) is 33.0 Å². The Labute approximate surface area is 84.6 Å². The van der Waals surface area contributed by atoms with E-state index in [2.05, 4.69) is 5.32 Å². The van der Waals surface area contributed by atoms with Crippen molar-refractivity contribution in [2.45, 2.75) is 12.8 Å². The van der Waals surface area contributed by atoms with Crippen LogP contribution in [-0.2, 0) is 4.74 Å². The fourth-order valence-electron chi connectivity index (χ4n) is 2.44. The summed E-state index contributed by atoms with van der Waals surface area (Å²) in [6.45, 7) is 3.31. The lowest BCUT2D eigenvalue weighted by atomic mass is 9.73. The molecule has 1 atom stereocenters. The predicted molar refractivity (Wildman–Crippen MR) is 52.1 cm³/mol. The van der Waals surface area contributed by atoms with Crippen LogP contribution in [0.2, 0.25) is 0 Å². The molecule has 13 heavy (non-hydrogen) atoms. The van der Waals surface area contributed by atoms with Crippen LogP contribution < -0.4 is 5.32 Å². The third-order valence-electron chi connectivity index (χ3n) is 3.41. The Morgan fingerprint density at radius 3 is 2.69 bits per heavy atom. The first kappa shape index (κ1) is 11.2. The van der Waals surface area contributed by atoms with E-state index in [9.17, 15) is 4.39 Å². The molecule has 1 spiro atoms. The average Bonchev–Trinajstić information content (AvgIpc) is 2.49. The highest BCUT2D eigenvalue weighted by Crippen LogP contribution is 2.40. The molecule has 2 fully saturated rings. The maximum Gasteiger partial charge on any atom is 0.0940 e. The van der Waals surface area contributed by atoms with Gasteiger partial charge in [0.05, 0.1) is 6.67 Å². The fraction of sp³-hybridized carbons (Fsp3) is 1.00. The smallest absolute Gasteiger partial charge is 0.0940 e. The van der Waals surface area contributed by atoms with Gasteiger partial charge < -0.3 is 10.1 Å². The fourth-order valence-corrected chi connectivity index (χ4v) is 2.44. The summed E-state index contributed by atoms with van der Waals surface area (Å²) >= 11 is 0. The van der Waals surface area contributed by atoms with Gasteiger partial charge in [0, 0.05) is 32.2 Å². The third-order valence-corrected chi connectivity index (χ3v) is 3.41. The maximum atomic E-state index is 12.6. The molecule has 2 nitrogen and oxygen atoms in total. The van der Waals surface area contributed by atoms with Crippen molar-refractivity contribution in [3.8, 4) is 0 Å². The van der Waals surface area contributed by atoms with Crippen LogP contribution in [0.15, 0.2) is 0 Å². The summed E-state index contributed by atoms with van der Waals surface area (Å²) in [7, 11) is 0. The average molecular weight is 210 g/mol. The number of hydrogen-bond acceptors (Lipinski definition) is 2. The molecule has 2 heterocycles. The molecule has 0 aliphatic carbocycles. The SMILES string of the molecule is Cl.FCC1CNCC12CCOCC2. The van der Waals surface area contributed by atoms with E-state index in [4.69, 9.17) is 4.74 Å². The lowest BCUT2D eigenvalue weighted by molar-refractivity contribution is -0.00217. The van der Waals surface area contributed by atoms with E-state index in [1.165, 1.54) is 0 Å². The van der Waals surface area contributed by atoms with Crippen LogP contribution in [0.3, 0.4) is 0 Å². The monoisotopic (exact) mass is 209 g/mol. The molecule has 0 bridgehead atoms. The van der Waals surface area contributed by atoms with Gasteiger partial charge in [-0.25, -0.2) is 0 Å². The molecular weight excluding hydrogens is 193 g/mol. The summed E-state index contributed by atoms with van der Waals surface area (Å²) in [6.07, 6.45) is 2.07. The van der Waals surface area contributed by atoms with Crippen molar-refractivity contribution < 1.29 is 9.13 Å². The van der Waals surface area contributed by atoms with Crippen molar-refractivity contribution >= 4 is 12.4 Å². The molecular formula is C9H17ClFNO. The van der Waals surface area contributed by atoms with Crippen molar-refractivity contribution in [3.63, 3.8) is 0 Å². The first-order valence-corrected chi connectivity index (χ1v) is 4.72. The summed E-state index contributed by atoms with van der Waals surface area (Å²) < 4.78 is 17.9. The van der Waals surface area contributed by atoms with E-state index in [0.717, 1.165) is 39.1 Å². The van der Waals surface area contributed by atoms with Gasteiger partial charge in [-0.05, 0) is 18.3 Å². The molecule has 0 radical (unpaired) electrons. The molecule has 2 rings (SSSR count). The van der Waals surface area contributed by atoms with Gasteiger partial charge in [-0.15, -0.1) is 12.4 Å². The summed E-state index contributed by atoms with van der Waals surface area (Å²) in [5, 5.41) is 3.29. The van der Waals surface area contributed by atoms with Crippen molar-refractivity contribution in [1.82, 2.24) is 5.32 Å². The zero-order valence-electron chi connectivity index (χ0n) is 7.72. The number of ether oxygens (including phenoxy) is 1. The van der Waals surface area contributed by atoms with Crippen molar-refractivity contribution in [1.29, 1.82) is 0 Å². The van der Waals surface area contributed by atoms with E-state index < -0.39 is 0 Å². The van der Waals surface area contributed by atoms with E-state index in [0.29, 0.717) is 0 Å². The van der Waals surface area contributed by atoms with E-state index >= 15 is 0 Å². The van der Waals surface area contributed by atoms with Crippen LogP contribution in [0, 0.1) is 11.3 Å². The highest BCUT2D eigenvalue weighted by molar-refractivity contribution is 5.85. The molecule has 1 N–H and O–H groups in total. The number of rotatable bonds is 1. The van der Waals surface area contributed by atoms with Crippen LogP contribution in [-0.4, -0.2) is 33.0 Å². The van der Waals surface area contributed by atoms with Crippen LogP contribution in [0.4, 0.5) is 4.39 Å². The molecule has 0 amide bonds. The highest BCUT2D eigenvalue weighted by atomic mass is 35.5. The molecule has 2 aliphatic heterocycles. The summed E-state index contributed by atoms with van der Waals surface area (Å²) in [5.41, 5.74) is 0.229. The van der Waals surface area contributed by atoms with Gasteiger partial charge in [-0.2, -0.15) is 0 Å². The Kier molecular flexibility index (Phi) is 3.95. The Morgan fingerprint density at radius 1 is 1.38 bits per heavy atom. The van der Waals surface area contributed by atoms with Gasteiger partial charge >= 0.3 is 0 Å². The number of alkyl halides is 1. The minimum absolute atomic E-state index is 0. The second-order valence-corrected chi connectivity index (χ2v) is 3.96. The zero-order valence-corrected chi connectivity index (χ0v) is 8.54. The molecule has 1 unspecified atom stereocenters. The topological polar surface area (TPSA) is 21.3 Å². The number of nitrogens with one attached hydrogen (secondary N) is 1. The molecule has 78 valence electrons. The second-order valence-electron chi connectivity index (χ2n) is 3.96.